The summed E-state index contributed by atoms with van der Waals surface area (Å²) in [5.41, 5.74) is 6.73. The van der Waals surface area contributed by atoms with Gasteiger partial charge in [0.05, 0.1) is 17.4 Å². The number of unbranched alkanes of at least 4 members (excludes halogenated alkanes) is 2. The number of aromatic nitrogens is 1. The molecule has 5 rings (SSSR count). The highest BCUT2D eigenvalue weighted by Crippen LogP contribution is 2.47. The Labute approximate surface area is 232 Å². The molecular weight excluding hydrogens is 482 g/mol. The van der Waals surface area contributed by atoms with Gasteiger partial charge in [-0.15, -0.1) is 0 Å². The number of nitrogens with one attached hydrogen (secondary N) is 1. The molecule has 0 saturated carbocycles. The molecule has 1 aliphatic carbocycles. The zero-order valence-electron chi connectivity index (χ0n) is 23.5. The average molecular weight is 522 g/mol. The second-order valence-corrected chi connectivity index (χ2v) is 11.8. The molecule has 0 fully saturated rings. The van der Waals surface area contributed by atoms with Crippen molar-refractivity contribution < 1.29 is 9.59 Å². The Kier molecular flexibility index (Phi) is 7.69. The van der Waals surface area contributed by atoms with Crippen LogP contribution in [0.25, 0.3) is 0 Å². The molecule has 1 amide bonds. The zero-order valence-corrected chi connectivity index (χ0v) is 23.5. The summed E-state index contributed by atoms with van der Waals surface area (Å²) >= 11 is 0. The fourth-order valence-electron chi connectivity index (χ4n) is 5.86. The second kappa shape index (κ2) is 11.2. The molecule has 0 unspecified atom stereocenters. The standard InChI is InChI=1S/C34H39N3O2/c1-5-6-7-12-31(39)37-29-11-9-8-10-27(29)36-28-21-25(23-13-15-26(16-14-23)34(2,3)4)22-30(38)32(28)33(37)24-17-19-35-20-18-24/h8-11,13-20,25,33,36H,5-7,12,21-22H2,1-4H3/t25-,33-/m1/s1. The minimum absolute atomic E-state index is 0.0426. The molecule has 5 heteroatoms. The number of para-hydroxylation sites is 2. The van der Waals surface area contributed by atoms with Gasteiger partial charge in [-0.2, -0.15) is 0 Å². The van der Waals surface area contributed by atoms with Crippen molar-refractivity contribution in [3.05, 3.63) is 101 Å². The molecule has 5 nitrogen and oxygen atoms in total. The Morgan fingerprint density at radius 3 is 2.36 bits per heavy atom. The number of ketones is 1. The lowest BCUT2D eigenvalue weighted by Gasteiger charge is -2.35. The molecule has 3 aromatic rings. The van der Waals surface area contributed by atoms with E-state index in [1.54, 1.807) is 12.4 Å². The predicted octanol–water partition coefficient (Wildman–Crippen LogP) is 7.86. The molecule has 202 valence electrons. The van der Waals surface area contributed by atoms with Gasteiger partial charge in [-0.05, 0) is 65.1 Å². The van der Waals surface area contributed by atoms with E-state index < -0.39 is 6.04 Å². The smallest absolute Gasteiger partial charge is 0.227 e. The maximum absolute atomic E-state index is 14.1. The Balaban J connectivity index is 1.60. The summed E-state index contributed by atoms with van der Waals surface area (Å²) in [5, 5.41) is 3.63. The van der Waals surface area contributed by atoms with E-state index in [0.717, 1.165) is 41.9 Å². The minimum Gasteiger partial charge on any atom is -0.357 e. The van der Waals surface area contributed by atoms with Crippen LogP contribution in [0.5, 0.6) is 0 Å². The molecular formula is C34H39N3O2. The summed E-state index contributed by atoms with van der Waals surface area (Å²) in [6.07, 6.45) is 7.95. The number of pyridine rings is 1. The Morgan fingerprint density at radius 1 is 0.949 bits per heavy atom. The third kappa shape index (κ3) is 5.54. The van der Waals surface area contributed by atoms with E-state index in [4.69, 9.17) is 0 Å². The summed E-state index contributed by atoms with van der Waals surface area (Å²) in [4.78, 5) is 34.1. The number of rotatable bonds is 6. The van der Waals surface area contributed by atoms with E-state index in [1.807, 2.05) is 41.3 Å². The molecule has 39 heavy (non-hydrogen) atoms. The average Bonchev–Trinajstić information content (AvgIpc) is 3.08. The number of carbonyl (C=O) groups is 2. The van der Waals surface area contributed by atoms with Crippen molar-refractivity contribution in [3.63, 3.8) is 0 Å². The number of anilines is 2. The lowest BCUT2D eigenvalue weighted by molar-refractivity contribution is -0.119. The first-order valence-corrected chi connectivity index (χ1v) is 14.2. The predicted molar refractivity (Wildman–Crippen MR) is 158 cm³/mol. The van der Waals surface area contributed by atoms with E-state index >= 15 is 0 Å². The highest BCUT2D eigenvalue weighted by Gasteiger charge is 2.41. The first kappa shape index (κ1) is 26.9. The van der Waals surface area contributed by atoms with Crippen LogP contribution in [0.15, 0.2) is 84.3 Å². The van der Waals surface area contributed by atoms with Crippen molar-refractivity contribution in [2.45, 2.75) is 83.6 Å². The van der Waals surface area contributed by atoms with E-state index in [2.05, 4.69) is 62.3 Å². The molecule has 2 heterocycles. The van der Waals surface area contributed by atoms with Gasteiger partial charge >= 0.3 is 0 Å². The van der Waals surface area contributed by atoms with Gasteiger partial charge in [0.2, 0.25) is 5.91 Å². The van der Waals surface area contributed by atoms with Gasteiger partial charge in [-0.25, -0.2) is 0 Å². The van der Waals surface area contributed by atoms with Crippen LogP contribution in [0.4, 0.5) is 11.4 Å². The Hall–Kier alpha value is -3.73. The van der Waals surface area contributed by atoms with Crippen molar-refractivity contribution in [1.82, 2.24) is 4.98 Å². The normalized spacial score (nSPS) is 19.2. The summed E-state index contributed by atoms with van der Waals surface area (Å²) in [6, 6.07) is 20.0. The van der Waals surface area contributed by atoms with E-state index in [9.17, 15) is 9.59 Å². The van der Waals surface area contributed by atoms with Crippen molar-refractivity contribution in [3.8, 4) is 0 Å². The van der Waals surface area contributed by atoms with Gasteiger partial charge in [0.1, 0.15) is 0 Å². The SMILES string of the molecule is CCCCCC(=O)N1c2ccccc2NC2=C(C(=O)C[C@H](c3ccc(C(C)(C)C)cc3)C2)[C@H]1c1ccncc1. The number of benzene rings is 2. The number of amides is 1. The molecule has 2 atom stereocenters. The summed E-state index contributed by atoms with van der Waals surface area (Å²) in [6.45, 7) is 8.78. The van der Waals surface area contributed by atoms with E-state index in [0.29, 0.717) is 24.8 Å². The Morgan fingerprint density at radius 2 is 1.67 bits per heavy atom. The second-order valence-electron chi connectivity index (χ2n) is 11.8. The number of Topliss-reactive ketones (excluding diaryl/α,β-unsaturated/α-hetero) is 1. The van der Waals surface area contributed by atoms with E-state index in [1.165, 1.54) is 11.1 Å². The number of carbonyl (C=O) groups excluding carboxylic acids is 2. The van der Waals surface area contributed by atoms with Gasteiger partial charge < -0.3 is 5.32 Å². The molecule has 0 saturated heterocycles. The quantitative estimate of drug-likeness (QED) is 0.335. The van der Waals surface area contributed by atoms with Crippen LogP contribution in [-0.2, 0) is 15.0 Å². The van der Waals surface area contributed by atoms with Crippen LogP contribution in [0, 0.1) is 0 Å². The number of fused-ring (bicyclic) bond motifs is 1. The van der Waals surface area contributed by atoms with Crippen LogP contribution in [0.3, 0.4) is 0 Å². The number of allylic oxidation sites excluding steroid dienone is 1. The summed E-state index contributed by atoms with van der Waals surface area (Å²) < 4.78 is 0. The largest absolute Gasteiger partial charge is 0.357 e. The van der Waals surface area contributed by atoms with E-state index in [-0.39, 0.29) is 23.0 Å². The highest BCUT2D eigenvalue weighted by molar-refractivity contribution is 6.06. The topological polar surface area (TPSA) is 62.3 Å². The number of hydrogen-bond acceptors (Lipinski definition) is 4. The molecule has 1 aliphatic heterocycles. The first-order chi connectivity index (χ1) is 18.8. The van der Waals surface area contributed by atoms with Gasteiger partial charge in [0.15, 0.2) is 5.78 Å². The maximum Gasteiger partial charge on any atom is 0.227 e. The molecule has 2 aliphatic rings. The van der Waals surface area contributed by atoms with Crippen molar-refractivity contribution in [2.24, 2.45) is 0 Å². The zero-order chi connectivity index (χ0) is 27.6. The summed E-state index contributed by atoms with van der Waals surface area (Å²) in [7, 11) is 0. The van der Waals surface area contributed by atoms with Crippen molar-refractivity contribution >= 4 is 23.1 Å². The third-order valence-corrected chi connectivity index (χ3v) is 8.02. The fourth-order valence-corrected chi connectivity index (χ4v) is 5.86. The van der Waals surface area contributed by atoms with Gasteiger partial charge in [0, 0.05) is 36.5 Å². The monoisotopic (exact) mass is 521 g/mol. The molecule has 0 bridgehead atoms. The third-order valence-electron chi connectivity index (χ3n) is 8.02. The summed E-state index contributed by atoms with van der Waals surface area (Å²) in [5.74, 6) is 0.213. The first-order valence-electron chi connectivity index (χ1n) is 14.2. The van der Waals surface area contributed by atoms with Crippen LogP contribution < -0.4 is 10.2 Å². The van der Waals surface area contributed by atoms with Crippen molar-refractivity contribution in [1.29, 1.82) is 0 Å². The maximum atomic E-state index is 14.1. The lowest BCUT2D eigenvalue weighted by atomic mass is 9.77. The molecule has 1 N–H and O–H groups in total. The molecule has 2 aromatic carbocycles. The van der Waals surface area contributed by atoms with Crippen LogP contribution >= 0.6 is 0 Å². The fraction of sp³-hybridized carbons (Fsp3) is 0.382. The minimum atomic E-state index is -0.495. The van der Waals surface area contributed by atoms with Crippen LogP contribution in [-0.4, -0.2) is 16.7 Å². The molecule has 1 aromatic heterocycles. The number of nitrogens with zero attached hydrogens (tertiary/aromatic N) is 2. The molecule has 0 spiro atoms. The van der Waals surface area contributed by atoms with Gasteiger partial charge in [0.25, 0.3) is 0 Å². The Bertz CT molecular complexity index is 1370. The van der Waals surface area contributed by atoms with Crippen LogP contribution in [0.2, 0.25) is 0 Å². The molecule has 0 radical (unpaired) electrons. The van der Waals surface area contributed by atoms with Crippen LogP contribution in [0.1, 0.15) is 94.9 Å². The van der Waals surface area contributed by atoms with Crippen molar-refractivity contribution in [2.75, 3.05) is 10.2 Å². The number of hydrogen-bond donors (Lipinski definition) is 1. The van der Waals surface area contributed by atoms with Gasteiger partial charge in [-0.3, -0.25) is 19.5 Å². The lowest BCUT2D eigenvalue weighted by Crippen LogP contribution is -2.38. The highest BCUT2D eigenvalue weighted by atomic mass is 16.2. The van der Waals surface area contributed by atoms with Gasteiger partial charge in [-0.1, -0.05) is 76.9 Å².